The Hall–Kier alpha value is -1.00. The van der Waals surface area contributed by atoms with Crippen molar-refractivity contribution >= 4 is 18.6 Å². The minimum absolute atomic E-state index is 0.454. The first kappa shape index (κ1) is 11.1. The number of carbonyl (C=O) groups excluding carboxylic acids is 1. The fourth-order valence-electron chi connectivity index (χ4n) is 1.14. The van der Waals surface area contributed by atoms with Crippen LogP contribution in [0.3, 0.4) is 0 Å². The molecule has 2 N–H and O–H groups in total. The molecule has 0 aliphatic carbocycles. The molecule has 1 aromatic rings. The van der Waals surface area contributed by atoms with Crippen molar-refractivity contribution < 1.29 is 9.53 Å². The molecule has 1 aromatic carbocycles. The Kier molecular flexibility index (Phi) is 3.18. The summed E-state index contributed by atoms with van der Waals surface area (Å²) in [6, 6.07) is 7.09. The number of esters is 1. The van der Waals surface area contributed by atoms with Crippen LogP contribution in [0.1, 0.15) is 12.5 Å². The molecule has 0 aliphatic heterocycles. The van der Waals surface area contributed by atoms with Gasteiger partial charge in [-0.1, -0.05) is 12.1 Å². The summed E-state index contributed by atoms with van der Waals surface area (Å²) in [5.41, 5.74) is 5.45. The fraction of sp³-hybridized carbons (Fsp3) is 0.300. The van der Waals surface area contributed by atoms with Crippen LogP contribution in [0.15, 0.2) is 29.2 Å². The lowest BCUT2D eigenvalue weighted by molar-refractivity contribution is -0.146. The second kappa shape index (κ2) is 4.02. The number of hydrogen-bond donors (Lipinski definition) is 2. The highest BCUT2D eigenvalue weighted by Gasteiger charge is 2.31. The number of methoxy groups -OCH3 is 1. The predicted molar refractivity (Wildman–Crippen MR) is 57.2 cm³/mol. The van der Waals surface area contributed by atoms with E-state index in [1.54, 1.807) is 31.2 Å². The van der Waals surface area contributed by atoms with Crippen LogP contribution in [0, 0.1) is 0 Å². The van der Waals surface area contributed by atoms with E-state index in [0.717, 1.165) is 4.90 Å². The summed E-state index contributed by atoms with van der Waals surface area (Å²) < 4.78 is 4.62. The molecule has 0 heterocycles. The summed E-state index contributed by atoms with van der Waals surface area (Å²) in [6.45, 7) is 1.62. The van der Waals surface area contributed by atoms with Gasteiger partial charge in [0.2, 0.25) is 0 Å². The summed E-state index contributed by atoms with van der Waals surface area (Å²) in [5.74, 6) is -0.454. The van der Waals surface area contributed by atoms with E-state index in [9.17, 15) is 4.79 Å². The highest BCUT2D eigenvalue weighted by Crippen LogP contribution is 2.20. The molecule has 0 saturated heterocycles. The Bertz CT molecular complexity index is 332. The van der Waals surface area contributed by atoms with Crippen molar-refractivity contribution in [1.29, 1.82) is 0 Å². The van der Waals surface area contributed by atoms with Crippen molar-refractivity contribution in [3.63, 3.8) is 0 Å². The normalized spacial score (nSPS) is 14.6. The number of benzene rings is 1. The molecule has 0 aromatic heterocycles. The van der Waals surface area contributed by atoms with E-state index in [-0.39, 0.29) is 0 Å². The second-order valence-corrected chi connectivity index (χ2v) is 3.76. The van der Waals surface area contributed by atoms with Gasteiger partial charge >= 0.3 is 5.97 Å². The van der Waals surface area contributed by atoms with E-state index >= 15 is 0 Å². The highest BCUT2D eigenvalue weighted by molar-refractivity contribution is 7.80. The van der Waals surface area contributed by atoms with Crippen molar-refractivity contribution in [1.82, 2.24) is 0 Å². The van der Waals surface area contributed by atoms with Crippen LogP contribution in [0.25, 0.3) is 0 Å². The number of nitrogens with two attached hydrogens (primary N) is 1. The number of ether oxygens (including phenoxy) is 1. The smallest absolute Gasteiger partial charge is 0.330 e. The van der Waals surface area contributed by atoms with E-state index in [2.05, 4.69) is 17.4 Å². The van der Waals surface area contributed by atoms with Gasteiger partial charge in [0.25, 0.3) is 0 Å². The third-order valence-electron chi connectivity index (χ3n) is 2.08. The first-order chi connectivity index (χ1) is 6.48. The van der Waals surface area contributed by atoms with Gasteiger partial charge in [-0.05, 0) is 24.6 Å². The summed E-state index contributed by atoms with van der Waals surface area (Å²) in [4.78, 5) is 12.2. The predicted octanol–water partition coefficient (Wildman–Crippen LogP) is 1.32. The van der Waals surface area contributed by atoms with Crippen LogP contribution in [0.2, 0.25) is 0 Å². The minimum atomic E-state index is -1.10. The van der Waals surface area contributed by atoms with Crippen LogP contribution >= 0.6 is 12.6 Å². The fourth-order valence-corrected chi connectivity index (χ4v) is 1.29. The Morgan fingerprint density at radius 3 is 2.36 bits per heavy atom. The Balaban J connectivity index is 3.03. The van der Waals surface area contributed by atoms with Gasteiger partial charge in [-0.25, -0.2) is 4.79 Å². The maximum atomic E-state index is 11.4. The summed E-state index contributed by atoms with van der Waals surface area (Å²) >= 11 is 4.15. The van der Waals surface area contributed by atoms with E-state index < -0.39 is 11.5 Å². The molecule has 14 heavy (non-hydrogen) atoms. The molecule has 0 radical (unpaired) electrons. The van der Waals surface area contributed by atoms with Gasteiger partial charge in [-0.15, -0.1) is 12.6 Å². The number of rotatable bonds is 2. The van der Waals surface area contributed by atoms with Crippen LogP contribution in [0.4, 0.5) is 0 Å². The third kappa shape index (κ3) is 2.08. The lowest BCUT2D eigenvalue weighted by atomic mass is 9.93. The first-order valence-electron chi connectivity index (χ1n) is 4.15. The third-order valence-corrected chi connectivity index (χ3v) is 2.37. The number of carbonyl (C=O) groups is 1. The van der Waals surface area contributed by atoms with Crippen LogP contribution in [-0.4, -0.2) is 13.1 Å². The molecule has 0 amide bonds. The average Bonchev–Trinajstić information content (AvgIpc) is 2.17. The van der Waals surface area contributed by atoms with Gasteiger partial charge < -0.3 is 10.5 Å². The van der Waals surface area contributed by atoms with E-state index in [0.29, 0.717) is 5.56 Å². The van der Waals surface area contributed by atoms with Gasteiger partial charge in [0.05, 0.1) is 7.11 Å². The first-order valence-corrected chi connectivity index (χ1v) is 4.60. The zero-order valence-electron chi connectivity index (χ0n) is 8.15. The SMILES string of the molecule is COC(=O)C(C)(N)c1ccc(S)cc1. The highest BCUT2D eigenvalue weighted by atomic mass is 32.1. The van der Waals surface area contributed by atoms with Crippen LogP contribution < -0.4 is 5.73 Å². The van der Waals surface area contributed by atoms with Crippen molar-refractivity contribution in [2.75, 3.05) is 7.11 Å². The summed E-state index contributed by atoms with van der Waals surface area (Å²) in [6.07, 6.45) is 0. The van der Waals surface area contributed by atoms with Gasteiger partial charge in [-0.2, -0.15) is 0 Å². The quantitative estimate of drug-likeness (QED) is 0.573. The number of thiol groups is 1. The lowest BCUT2D eigenvalue weighted by Crippen LogP contribution is -2.42. The van der Waals surface area contributed by atoms with Crippen molar-refractivity contribution in [2.24, 2.45) is 5.73 Å². The van der Waals surface area contributed by atoms with E-state index in [1.807, 2.05) is 0 Å². The Morgan fingerprint density at radius 1 is 1.43 bits per heavy atom. The molecular formula is C10H13NO2S. The van der Waals surface area contributed by atoms with Gasteiger partial charge in [0.15, 0.2) is 0 Å². The van der Waals surface area contributed by atoms with Crippen molar-refractivity contribution in [2.45, 2.75) is 17.4 Å². The van der Waals surface area contributed by atoms with Gasteiger partial charge in [0.1, 0.15) is 5.54 Å². The Morgan fingerprint density at radius 2 is 1.93 bits per heavy atom. The molecule has 0 spiro atoms. The standard InChI is InChI=1S/C10H13NO2S/c1-10(11,9(12)13-2)7-3-5-8(14)6-4-7/h3-6,14H,11H2,1-2H3. The average molecular weight is 211 g/mol. The molecular weight excluding hydrogens is 198 g/mol. The molecule has 1 unspecified atom stereocenters. The van der Waals surface area contributed by atoms with Gasteiger partial charge in [-0.3, -0.25) is 0 Å². The maximum Gasteiger partial charge on any atom is 0.330 e. The lowest BCUT2D eigenvalue weighted by Gasteiger charge is -2.21. The molecule has 0 aliphatic rings. The zero-order chi connectivity index (χ0) is 10.8. The monoisotopic (exact) mass is 211 g/mol. The van der Waals surface area contributed by atoms with Crippen molar-refractivity contribution in [3.05, 3.63) is 29.8 Å². The summed E-state index contributed by atoms with van der Waals surface area (Å²) in [7, 11) is 1.32. The van der Waals surface area contributed by atoms with Crippen LogP contribution in [-0.2, 0) is 15.1 Å². The largest absolute Gasteiger partial charge is 0.467 e. The topological polar surface area (TPSA) is 52.3 Å². The molecule has 0 saturated carbocycles. The molecule has 4 heteroatoms. The molecule has 76 valence electrons. The zero-order valence-corrected chi connectivity index (χ0v) is 9.04. The summed E-state index contributed by atoms with van der Waals surface area (Å²) in [5, 5.41) is 0. The maximum absolute atomic E-state index is 11.4. The van der Waals surface area contributed by atoms with E-state index in [1.165, 1.54) is 7.11 Å². The molecule has 1 rings (SSSR count). The minimum Gasteiger partial charge on any atom is -0.467 e. The number of hydrogen-bond acceptors (Lipinski definition) is 4. The molecule has 0 bridgehead atoms. The van der Waals surface area contributed by atoms with Crippen molar-refractivity contribution in [3.8, 4) is 0 Å². The second-order valence-electron chi connectivity index (χ2n) is 3.24. The molecule has 0 fully saturated rings. The van der Waals surface area contributed by atoms with Gasteiger partial charge in [0, 0.05) is 4.90 Å². The van der Waals surface area contributed by atoms with E-state index in [4.69, 9.17) is 5.73 Å². The van der Waals surface area contributed by atoms with Crippen LogP contribution in [0.5, 0.6) is 0 Å². The molecule has 3 nitrogen and oxygen atoms in total. The Labute approximate surface area is 88.7 Å². The molecule has 1 atom stereocenters.